The molecule has 0 radical (unpaired) electrons. The molecule has 0 heterocycles. The highest BCUT2D eigenvalue weighted by atomic mass is 16.4. The van der Waals surface area contributed by atoms with Gasteiger partial charge in [-0.1, -0.05) is 0 Å². The second kappa shape index (κ2) is 10.2. The van der Waals surface area contributed by atoms with Crippen LogP contribution >= 0.6 is 0 Å². The molecule has 0 rings (SSSR count). The number of aldehydes is 1. The lowest BCUT2D eigenvalue weighted by atomic mass is 10.1. The van der Waals surface area contributed by atoms with Crippen molar-refractivity contribution in [3.8, 4) is 0 Å². The van der Waals surface area contributed by atoms with Gasteiger partial charge in [0.25, 0.3) is 0 Å². The van der Waals surface area contributed by atoms with Crippen LogP contribution in [0.2, 0.25) is 0 Å². The zero-order valence-electron chi connectivity index (χ0n) is 12.2. The summed E-state index contributed by atoms with van der Waals surface area (Å²) in [7, 11) is 0. The standard InChI is InChI=1S/C12H20N2O6/c1-8(6-15)13-5-11(18)10(2-3-12(19)20)14-4-9(17)7-16/h6,8,10,13-14,16H,2-5,7H2,1H3,(H,19,20)/t8-,10-/m0/s1/i6D. The van der Waals surface area contributed by atoms with Gasteiger partial charge in [0, 0.05) is 6.42 Å². The lowest BCUT2D eigenvalue weighted by Gasteiger charge is -2.17. The van der Waals surface area contributed by atoms with Gasteiger partial charge in [-0.2, -0.15) is 0 Å². The Morgan fingerprint density at radius 3 is 2.45 bits per heavy atom. The third-order valence-electron chi connectivity index (χ3n) is 2.52. The van der Waals surface area contributed by atoms with Crippen molar-refractivity contribution in [1.82, 2.24) is 10.6 Å². The van der Waals surface area contributed by atoms with Gasteiger partial charge >= 0.3 is 5.97 Å². The smallest absolute Gasteiger partial charge is 0.303 e. The lowest BCUT2D eigenvalue weighted by molar-refractivity contribution is -0.137. The van der Waals surface area contributed by atoms with Crippen molar-refractivity contribution in [2.45, 2.75) is 31.8 Å². The molecular formula is C12H20N2O6. The monoisotopic (exact) mass is 289 g/mol. The van der Waals surface area contributed by atoms with E-state index < -0.39 is 42.5 Å². The second-order valence-corrected chi connectivity index (χ2v) is 4.25. The summed E-state index contributed by atoms with van der Waals surface area (Å²) in [4.78, 5) is 44.2. The molecule has 0 aliphatic heterocycles. The summed E-state index contributed by atoms with van der Waals surface area (Å²) in [5.74, 6) is -2.02. The van der Waals surface area contributed by atoms with E-state index in [1.54, 1.807) is 0 Å². The Bertz CT molecular complexity index is 401. The Hall–Kier alpha value is -1.64. The van der Waals surface area contributed by atoms with Crippen LogP contribution in [0.1, 0.15) is 21.1 Å². The summed E-state index contributed by atoms with van der Waals surface area (Å²) in [5.41, 5.74) is 0. The largest absolute Gasteiger partial charge is 0.481 e. The molecule has 20 heavy (non-hydrogen) atoms. The minimum Gasteiger partial charge on any atom is -0.481 e. The van der Waals surface area contributed by atoms with Crippen LogP contribution in [-0.2, 0) is 19.2 Å². The van der Waals surface area contributed by atoms with Crippen molar-refractivity contribution < 1.29 is 30.8 Å². The minimum atomic E-state index is -1.08. The predicted octanol–water partition coefficient (Wildman–Crippen LogP) is -1.88. The number of aliphatic carboxylic acids is 1. The molecule has 0 aromatic rings. The van der Waals surface area contributed by atoms with E-state index in [2.05, 4.69) is 10.6 Å². The quantitative estimate of drug-likeness (QED) is 0.307. The van der Waals surface area contributed by atoms with E-state index in [4.69, 9.17) is 11.6 Å². The van der Waals surface area contributed by atoms with E-state index in [1.165, 1.54) is 6.92 Å². The van der Waals surface area contributed by atoms with Crippen molar-refractivity contribution in [3.05, 3.63) is 0 Å². The van der Waals surface area contributed by atoms with Crippen LogP contribution in [0.3, 0.4) is 0 Å². The van der Waals surface area contributed by atoms with Gasteiger partial charge in [0.1, 0.15) is 14.2 Å². The molecule has 0 aliphatic carbocycles. The number of Topliss-reactive ketones (excluding diaryl/α,β-unsaturated/α-hetero) is 2. The van der Waals surface area contributed by atoms with Gasteiger partial charge in [-0.15, -0.1) is 0 Å². The molecule has 0 fully saturated rings. The number of ketones is 2. The van der Waals surface area contributed by atoms with E-state index in [-0.39, 0.29) is 25.9 Å². The maximum atomic E-state index is 11.9. The van der Waals surface area contributed by atoms with E-state index in [0.717, 1.165) is 0 Å². The number of carboxylic acids is 1. The first kappa shape index (κ1) is 16.4. The maximum Gasteiger partial charge on any atom is 0.303 e. The number of carbonyl (C=O) groups is 4. The van der Waals surface area contributed by atoms with E-state index >= 15 is 0 Å². The minimum absolute atomic E-state index is 0.0161. The van der Waals surface area contributed by atoms with Gasteiger partial charge in [0.05, 0.1) is 25.2 Å². The van der Waals surface area contributed by atoms with Crippen LogP contribution in [0.15, 0.2) is 0 Å². The first-order chi connectivity index (χ1) is 9.77. The van der Waals surface area contributed by atoms with Gasteiger partial charge in [-0.3, -0.25) is 14.4 Å². The van der Waals surface area contributed by atoms with Crippen molar-refractivity contribution in [2.75, 3.05) is 19.7 Å². The molecule has 0 amide bonds. The summed E-state index contributed by atoms with van der Waals surface area (Å²) in [6, 6.07) is -1.69. The van der Waals surface area contributed by atoms with E-state index in [1.807, 2.05) is 0 Å². The van der Waals surface area contributed by atoms with Gasteiger partial charge in [0.2, 0.25) is 0 Å². The molecule has 2 atom stereocenters. The average molecular weight is 289 g/mol. The number of aliphatic hydroxyl groups excluding tert-OH is 1. The molecular weight excluding hydrogens is 268 g/mol. The molecule has 0 aliphatic rings. The van der Waals surface area contributed by atoms with Crippen LogP contribution in [-0.4, -0.2) is 65.8 Å². The molecule has 0 spiro atoms. The molecule has 8 heteroatoms. The maximum absolute atomic E-state index is 11.9. The zero-order chi connectivity index (χ0) is 16.4. The molecule has 0 saturated carbocycles. The third kappa shape index (κ3) is 8.46. The van der Waals surface area contributed by atoms with Crippen molar-refractivity contribution >= 4 is 23.8 Å². The van der Waals surface area contributed by atoms with E-state index in [9.17, 15) is 19.2 Å². The van der Waals surface area contributed by atoms with Crippen molar-refractivity contribution in [1.29, 1.82) is 0 Å². The number of rotatable bonds is 12. The SMILES string of the molecule is [2H]C(=O)[C@H](C)NCC(=O)[C@H](CCC(=O)O)NCC(=O)CO. The van der Waals surface area contributed by atoms with Gasteiger partial charge < -0.3 is 25.6 Å². The summed E-state index contributed by atoms with van der Waals surface area (Å²) in [5, 5.41) is 22.4. The number of aliphatic hydroxyl groups is 1. The molecule has 8 nitrogen and oxygen atoms in total. The van der Waals surface area contributed by atoms with Crippen molar-refractivity contribution in [3.63, 3.8) is 0 Å². The highest BCUT2D eigenvalue weighted by molar-refractivity contribution is 5.88. The molecule has 4 N–H and O–H groups in total. The van der Waals surface area contributed by atoms with Crippen molar-refractivity contribution in [2.24, 2.45) is 0 Å². The Morgan fingerprint density at radius 2 is 1.95 bits per heavy atom. The molecule has 0 aromatic heterocycles. The van der Waals surface area contributed by atoms with Gasteiger partial charge in [0.15, 0.2) is 11.6 Å². The molecule has 114 valence electrons. The number of carbonyl (C=O) groups excluding carboxylic acids is 3. The van der Waals surface area contributed by atoms with Crippen LogP contribution in [0.4, 0.5) is 0 Å². The molecule has 0 aromatic carbocycles. The fraction of sp³-hybridized carbons (Fsp3) is 0.667. The summed E-state index contributed by atoms with van der Waals surface area (Å²) >= 11 is 0. The number of hydrogen-bond acceptors (Lipinski definition) is 7. The normalized spacial score (nSPS) is 14.2. The third-order valence-corrected chi connectivity index (χ3v) is 2.52. The van der Waals surface area contributed by atoms with Gasteiger partial charge in [-0.05, 0) is 13.3 Å². The van der Waals surface area contributed by atoms with Crippen LogP contribution < -0.4 is 10.6 Å². The van der Waals surface area contributed by atoms with E-state index in [0.29, 0.717) is 0 Å². The Kier molecular flexibility index (Phi) is 8.36. The first-order valence-electron chi connectivity index (χ1n) is 6.62. The van der Waals surface area contributed by atoms with Crippen LogP contribution in [0, 0.1) is 0 Å². The molecule has 0 saturated heterocycles. The van der Waals surface area contributed by atoms with Crippen LogP contribution in [0.5, 0.6) is 0 Å². The topological polar surface area (TPSA) is 133 Å². The predicted molar refractivity (Wildman–Crippen MR) is 69.3 cm³/mol. The Morgan fingerprint density at radius 1 is 1.30 bits per heavy atom. The Labute approximate surface area is 117 Å². The fourth-order valence-corrected chi connectivity index (χ4v) is 1.36. The first-order valence-corrected chi connectivity index (χ1v) is 6.12. The number of hydrogen-bond donors (Lipinski definition) is 4. The zero-order valence-corrected chi connectivity index (χ0v) is 11.2. The van der Waals surface area contributed by atoms with Crippen LogP contribution in [0.25, 0.3) is 0 Å². The highest BCUT2D eigenvalue weighted by Crippen LogP contribution is 1.99. The average Bonchev–Trinajstić information content (AvgIpc) is 2.43. The highest BCUT2D eigenvalue weighted by Gasteiger charge is 2.20. The Balaban J connectivity index is 4.46. The number of carboxylic acid groups (broad SMARTS) is 1. The lowest BCUT2D eigenvalue weighted by Crippen LogP contribution is -2.45. The molecule has 0 unspecified atom stereocenters. The molecule has 0 bridgehead atoms. The summed E-state index contributed by atoms with van der Waals surface area (Å²) in [6.45, 7) is 0.281. The number of nitrogens with one attached hydrogen (secondary N) is 2. The second-order valence-electron chi connectivity index (χ2n) is 4.25. The summed E-state index contributed by atoms with van der Waals surface area (Å²) < 4.78 is 6.86. The summed E-state index contributed by atoms with van der Waals surface area (Å²) in [6.07, 6.45) is -1.14. The fourth-order valence-electron chi connectivity index (χ4n) is 1.36. The van der Waals surface area contributed by atoms with Gasteiger partial charge in [-0.25, -0.2) is 0 Å².